The summed E-state index contributed by atoms with van der Waals surface area (Å²) in [5, 5.41) is 9.87. The van der Waals surface area contributed by atoms with Gasteiger partial charge in [0.25, 0.3) is 23.6 Å². The molecule has 14 aliphatic rings. The highest BCUT2D eigenvalue weighted by Gasteiger charge is 2.41. The highest BCUT2D eigenvalue weighted by atomic mass is 16.2. The van der Waals surface area contributed by atoms with Crippen molar-refractivity contribution in [1.29, 1.82) is 0 Å². The van der Waals surface area contributed by atoms with Gasteiger partial charge in [-0.1, -0.05) is 48.5 Å². The van der Waals surface area contributed by atoms with E-state index >= 15 is 0 Å². The highest BCUT2D eigenvalue weighted by molar-refractivity contribution is 6.33. The summed E-state index contributed by atoms with van der Waals surface area (Å²) in [7, 11) is 3.56. The van der Waals surface area contributed by atoms with Crippen LogP contribution in [0.5, 0.6) is 0 Å². The fourth-order valence-electron chi connectivity index (χ4n) is 7.03. The molecule has 0 saturated carbocycles. The molecule has 0 unspecified atom stereocenters. The molecular weight excluding hydrogens is 608 g/mol. The van der Waals surface area contributed by atoms with Crippen molar-refractivity contribution in [1.82, 2.24) is 29.6 Å². The van der Waals surface area contributed by atoms with Crippen molar-refractivity contribution in [3.63, 3.8) is 0 Å². The normalized spacial score (nSPS) is 15.5. The van der Waals surface area contributed by atoms with Gasteiger partial charge in [-0.2, -0.15) is 0 Å². The van der Waals surface area contributed by atoms with Crippen LogP contribution in [0.3, 0.4) is 0 Å². The van der Waals surface area contributed by atoms with Crippen molar-refractivity contribution >= 4 is 34.4 Å². The maximum Gasteiger partial charge on any atom is 0.261 e. The zero-order valence-corrected chi connectivity index (χ0v) is 26.1. The Morgan fingerprint density at radius 2 is 0.833 bits per heavy atom. The Kier molecular flexibility index (Phi) is 5.88. The van der Waals surface area contributed by atoms with Gasteiger partial charge in [0, 0.05) is 33.0 Å². The Bertz CT molecular complexity index is 2170. The van der Waals surface area contributed by atoms with E-state index in [2.05, 4.69) is 59.0 Å². The van der Waals surface area contributed by atoms with Crippen LogP contribution in [-0.2, 0) is 40.3 Å². The molecule has 12 nitrogen and oxygen atoms in total. The minimum atomic E-state index is -0.490. The Morgan fingerprint density at radius 1 is 0.500 bits per heavy atom. The van der Waals surface area contributed by atoms with Gasteiger partial charge in [-0.25, -0.2) is 0 Å². The van der Waals surface area contributed by atoms with Crippen LogP contribution < -0.4 is 9.36 Å². The Morgan fingerprint density at radius 3 is 1.17 bits per heavy atom. The first-order valence-electron chi connectivity index (χ1n) is 15.6. The number of aromatic nitrogens is 6. The van der Waals surface area contributed by atoms with Crippen LogP contribution in [0.4, 0.5) is 0 Å². The molecule has 16 bridgehead atoms. The molecule has 0 saturated heterocycles. The predicted octanol–water partition coefficient (Wildman–Crippen LogP) is 2.55. The molecule has 0 spiro atoms. The van der Waals surface area contributed by atoms with E-state index in [0.717, 1.165) is 22.3 Å². The van der Waals surface area contributed by atoms with Gasteiger partial charge in [0.15, 0.2) is 23.8 Å². The third-order valence-electron chi connectivity index (χ3n) is 9.56. The second kappa shape index (κ2) is 10.1. The van der Waals surface area contributed by atoms with E-state index in [4.69, 9.17) is 0 Å². The Balaban J connectivity index is 1.17. The first-order chi connectivity index (χ1) is 23.2. The molecule has 16 heterocycles. The van der Waals surface area contributed by atoms with E-state index in [0.29, 0.717) is 35.2 Å². The van der Waals surface area contributed by atoms with E-state index in [1.54, 1.807) is 57.1 Å². The van der Waals surface area contributed by atoms with Crippen molar-refractivity contribution in [3.8, 4) is 11.1 Å². The third-order valence-corrected chi connectivity index (χ3v) is 9.56. The van der Waals surface area contributed by atoms with Crippen molar-refractivity contribution < 1.29 is 28.5 Å². The fourth-order valence-corrected chi connectivity index (χ4v) is 7.03. The minimum absolute atomic E-state index is 0.00384. The molecule has 6 aromatic rings. The van der Waals surface area contributed by atoms with Crippen LogP contribution in [0.1, 0.15) is 63.9 Å². The number of hydrogen-bond donors (Lipinski definition) is 0. The molecule has 4 aromatic carbocycles. The number of carbonyl (C=O) groups is 4. The number of hydrogen-bond acceptors (Lipinski definition) is 6. The first kappa shape index (κ1) is 28.0. The summed E-state index contributed by atoms with van der Waals surface area (Å²) in [5.74, 6) is -1.96. The molecule has 20 rings (SSSR count). The average Bonchev–Trinajstić information content (AvgIpc) is 3.62. The lowest BCUT2D eigenvalue weighted by atomic mass is 9.86. The number of amides is 4. The zero-order chi connectivity index (χ0) is 32.8. The number of nitrogens with zero attached hydrogens (tertiary/aromatic N) is 8. The topological polar surface area (TPSA) is 118 Å². The van der Waals surface area contributed by atoms with Gasteiger partial charge in [-0.3, -0.25) is 29.0 Å². The van der Waals surface area contributed by atoms with E-state index in [9.17, 15) is 19.2 Å². The maximum atomic E-state index is 13.9. The van der Waals surface area contributed by atoms with Gasteiger partial charge in [-0.15, -0.1) is 18.7 Å². The molecule has 0 aliphatic carbocycles. The van der Waals surface area contributed by atoms with E-state index in [1.165, 1.54) is 9.80 Å². The zero-order valence-electron chi connectivity index (χ0n) is 26.1. The van der Waals surface area contributed by atoms with Gasteiger partial charge in [-0.05, 0) is 46.5 Å². The number of aryl methyl sites for hydroxylation is 2. The minimum Gasteiger partial charge on any atom is -0.269 e. The van der Waals surface area contributed by atoms with Crippen molar-refractivity contribution in [2.24, 2.45) is 14.1 Å². The molecular formula is C36H28N8O4+2. The van der Waals surface area contributed by atoms with Crippen LogP contribution in [0.25, 0.3) is 21.9 Å². The summed E-state index contributed by atoms with van der Waals surface area (Å²) >= 11 is 0. The summed E-state index contributed by atoms with van der Waals surface area (Å²) in [6.45, 7) is 1.02. The molecule has 14 aliphatic heterocycles. The molecule has 48 heavy (non-hydrogen) atoms. The Hall–Kier alpha value is -6.30. The van der Waals surface area contributed by atoms with E-state index < -0.39 is 23.6 Å². The SMILES string of the molecule is Cn1n[n+]2cc1CN1C(=O)c3ccc4c5c(ccc(c35)C1=O)C(=O)N(Cc1c[n+](nn1C)Cc1ccc(cc1)-c1ccc(cc1)C2)C4=O. The maximum absolute atomic E-state index is 13.9. The average molecular weight is 637 g/mol. The lowest BCUT2D eigenvalue weighted by Crippen LogP contribution is -2.43. The number of rotatable bonds is 0. The summed E-state index contributed by atoms with van der Waals surface area (Å²) in [4.78, 5) is 58.0. The van der Waals surface area contributed by atoms with Gasteiger partial charge >= 0.3 is 0 Å². The molecule has 0 radical (unpaired) electrons. The Labute approximate surface area is 273 Å². The summed E-state index contributed by atoms with van der Waals surface area (Å²) in [6, 6.07) is 22.9. The quantitative estimate of drug-likeness (QED) is 0.187. The van der Waals surface area contributed by atoms with Crippen molar-refractivity contribution in [3.05, 3.63) is 130 Å². The number of imide groups is 2. The summed E-state index contributed by atoms with van der Waals surface area (Å²) in [6.07, 6.45) is 3.67. The first-order valence-corrected chi connectivity index (χ1v) is 15.6. The molecule has 12 heteroatoms. The van der Waals surface area contributed by atoms with Gasteiger partial charge in [0.05, 0.1) is 23.5 Å². The third kappa shape index (κ3) is 4.15. The molecule has 234 valence electrons. The second-order valence-electron chi connectivity index (χ2n) is 12.5. The van der Waals surface area contributed by atoms with Crippen LogP contribution in [0, 0.1) is 0 Å². The standard InChI is InChI=1S/C36H28N8O4/c1-39-25-17-41(37-39)15-21-3-7-23(8-4-21)24-9-5-22(6-10-24)16-42-18-26(40(2)38-42)20-44-35(47)29-13-11-27-31-28(34(46)43(19-25)33(27)45)12-14-30(32(29)31)36(44)48/h3-14,17-18H,15-16,19-20H2,1-2H3/q+2. The van der Waals surface area contributed by atoms with Gasteiger partial charge in [0.1, 0.15) is 27.2 Å². The summed E-state index contributed by atoms with van der Waals surface area (Å²) < 4.78 is 6.89. The molecule has 0 N–H and O–H groups in total. The van der Waals surface area contributed by atoms with Crippen LogP contribution in [0.2, 0.25) is 0 Å². The molecule has 2 aromatic heterocycles. The largest absolute Gasteiger partial charge is 0.269 e. The van der Waals surface area contributed by atoms with E-state index in [-0.39, 0.29) is 35.3 Å². The predicted molar refractivity (Wildman–Crippen MR) is 169 cm³/mol. The van der Waals surface area contributed by atoms with Crippen molar-refractivity contribution in [2.75, 3.05) is 0 Å². The molecule has 0 fully saturated rings. The van der Waals surface area contributed by atoms with Crippen LogP contribution in [0.15, 0.2) is 85.2 Å². The van der Waals surface area contributed by atoms with Crippen LogP contribution >= 0.6 is 0 Å². The molecule has 0 atom stereocenters. The summed E-state index contributed by atoms with van der Waals surface area (Å²) in [5.41, 5.74) is 6.70. The monoisotopic (exact) mass is 636 g/mol. The van der Waals surface area contributed by atoms with E-state index in [1.807, 2.05) is 12.4 Å². The van der Waals surface area contributed by atoms with Crippen LogP contribution in [-0.4, -0.2) is 53.2 Å². The highest BCUT2D eigenvalue weighted by Crippen LogP contribution is 2.38. The number of benzene rings is 4. The lowest BCUT2D eigenvalue weighted by Gasteiger charge is -2.31. The second-order valence-corrected chi connectivity index (χ2v) is 12.5. The van der Waals surface area contributed by atoms with Crippen molar-refractivity contribution in [2.45, 2.75) is 26.2 Å². The van der Waals surface area contributed by atoms with Gasteiger partial charge < -0.3 is 0 Å². The smallest absolute Gasteiger partial charge is 0.261 e. The van der Waals surface area contributed by atoms with Gasteiger partial charge in [0.2, 0.25) is 0 Å². The lowest BCUT2D eigenvalue weighted by molar-refractivity contribution is -0.747. The fraction of sp³-hybridized carbons (Fsp3) is 0.167. The number of carbonyl (C=O) groups excluding carboxylic acids is 4. The molecule has 4 amide bonds.